The molecule has 0 aliphatic rings. The lowest BCUT2D eigenvalue weighted by Gasteiger charge is -2.18. The van der Waals surface area contributed by atoms with E-state index >= 15 is 0 Å². The number of ether oxygens (including phenoxy) is 9. The molecule has 0 saturated heterocycles. The summed E-state index contributed by atoms with van der Waals surface area (Å²) >= 11 is 18.3. The summed E-state index contributed by atoms with van der Waals surface area (Å²) in [5.41, 5.74) is 5.04. The molecule has 484 valence electrons. The summed E-state index contributed by atoms with van der Waals surface area (Å²) in [5, 5.41) is 11.3. The van der Waals surface area contributed by atoms with E-state index in [1.54, 1.807) is 86.8 Å². The van der Waals surface area contributed by atoms with Gasteiger partial charge in [-0.2, -0.15) is 9.78 Å². The number of halogens is 3. The van der Waals surface area contributed by atoms with Gasteiger partial charge in [-0.1, -0.05) is 106 Å². The molecular formula is C65H75Cl3N10O13. The maximum atomic E-state index is 12.6. The number of imidazole rings is 1. The van der Waals surface area contributed by atoms with Crippen LogP contribution in [0.5, 0.6) is 11.6 Å². The van der Waals surface area contributed by atoms with Crippen LogP contribution in [0.25, 0.3) is 44.6 Å². The Balaban J connectivity index is 0.000000225. The van der Waals surface area contributed by atoms with Crippen molar-refractivity contribution in [3.63, 3.8) is 0 Å². The number of esters is 2. The molecule has 3 aromatic carbocycles. The van der Waals surface area contributed by atoms with Crippen LogP contribution < -0.4 is 20.3 Å². The van der Waals surface area contributed by atoms with Crippen LogP contribution in [0, 0.1) is 13.5 Å². The Morgan fingerprint density at radius 1 is 0.747 bits per heavy atom. The second-order valence-corrected chi connectivity index (χ2v) is 22.5. The van der Waals surface area contributed by atoms with Gasteiger partial charge in [0.25, 0.3) is 5.56 Å². The van der Waals surface area contributed by atoms with Gasteiger partial charge in [0.05, 0.1) is 78.1 Å². The topological polar surface area (TPSA) is 252 Å². The maximum Gasteiger partial charge on any atom is 0.331 e. The zero-order chi connectivity index (χ0) is 66.2. The first kappa shape index (κ1) is 71.0. The number of nitrogens with one attached hydrogen (secondary N) is 3. The third-order valence-corrected chi connectivity index (χ3v) is 13.4. The Morgan fingerprint density at radius 2 is 1.42 bits per heavy atom. The SMILES string of the molecule is C=C(C)OCOCCCCCCOc1ccccc1-c1cn2c(=O)cc(C(C)(C)C)[nH]c2n1.C=C(C)OCOc1cc(C)nn1-c1c(Cl)cc(Cl)cc1Cl.[C-]#[N+]c1cn2[nH]c(-c3cccc(NC(=O)CCC(=O)OCCOCOC(=C)C)c3)nc2c1C(=O)OCC. The first-order valence-corrected chi connectivity index (χ1v) is 30.0. The number of para-hydroxylation sites is 1. The normalized spacial score (nSPS) is 10.9. The van der Waals surface area contributed by atoms with Gasteiger partial charge in [-0.05, 0) is 90.3 Å². The lowest BCUT2D eigenvalue weighted by atomic mass is 9.92. The number of amides is 1. The van der Waals surface area contributed by atoms with Gasteiger partial charge in [-0.25, -0.2) is 19.6 Å². The van der Waals surface area contributed by atoms with E-state index in [1.807, 2.05) is 31.2 Å². The Labute approximate surface area is 542 Å². The molecule has 0 bridgehead atoms. The average molecular weight is 1310 g/mol. The summed E-state index contributed by atoms with van der Waals surface area (Å²) < 4.78 is 52.1. The van der Waals surface area contributed by atoms with Gasteiger partial charge in [0.15, 0.2) is 25.1 Å². The van der Waals surface area contributed by atoms with Crippen molar-refractivity contribution in [2.45, 2.75) is 99.3 Å². The summed E-state index contributed by atoms with van der Waals surface area (Å²) in [7, 11) is 0. The first-order valence-electron chi connectivity index (χ1n) is 28.9. The number of H-pyrrole nitrogens is 2. The highest BCUT2D eigenvalue weighted by atomic mass is 35.5. The molecule has 0 fully saturated rings. The summed E-state index contributed by atoms with van der Waals surface area (Å²) in [6, 6.07) is 21.3. The van der Waals surface area contributed by atoms with Gasteiger partial charge in [0.1, 0.15) is 23.6 Å². The fraction of sp³-hybridized carbons (Fsp3) is 0.354. The van der Waals surface area contributed by atoms with Crippen LogP contribution in [0.4, 0.5) is 11.4 Å². The predicted octanol–water partition coefficient (Wildman–Crippen LogP) is 14.3. The van der Waals surface area contributed by atoms with Crippen LogP contribution in [0.1, 0.15) is 109 Å². The van der Waals surface area contributed by atoms with E-state index in [4.69, 9.17) is 84.0 Å². The van der Waals surface area contributed by atoms with Crippen molar-refractivity contribution in [1.82, 2.24) is 38.7 Å². The van der Waals surface area contributed by atoms with Gasteiger partial charge in [0, 0.05) is 63.9 Å². The minimum Gasteiger partial charge on any atom is -0.493 e. The first-order chi connectivity index (χ1) is 43.4. The number of unbranched alkanes of at least 4 members (excludes halogenated alkanes) is 3. The number of fused-ring (bicyclic) bond motifs is 2. The monoisotopic (exact) mass is 1310 g/mol. The van der Waals surface area contributed by atoms with E-state index in [9.17, 15) is 19.2 Å². The standard InChI is InChI=1S/C26H35N3O4.C25H27N5O7.C14H13Cl3N2O2/c1-19(2)33-18-31-14-10-6-7-11-15-32-22-13-9-8-12-20(22)21-17-29-24(30)16-23(26(3,4)5)28-25(29)27-21;1-5-35-25(33)22-19(26-4)14-30-24(22)28-23(29-30)17-7-6-8-18(13-17)27-20(31)9-10-21(32)36-12-11-34-15-37-16(2)3;1-8(2)20-7-21-13-4-9(3)18-19(13)14-11(16)5-10(15)6-12(14)17/h8-9,12-13,16-17H,1,6-7,10-11,14-15,18H2,2-5H3,(H,27,28);6-8,13-14H,2,5,9-12,15H2,1,3H3,(H,27,31)(H,28,29);4-6H,1,7H2,2-3H3. The van der Waals surface area contributed by atoms with Gasteiger partial charge < -0.3 is 52.9 Å². The van der Waals surface area contributed by atoms with Crippen LogP contribution in [-0.4, -0.2) is 110 Å². The Kier molecular flexibility index (Phi) is 27.2. The van der Waals surface area contributed by atoms with Crippen molar-refractivity contribution in [3.05, 3.63) is 176 Å². The number of aryl methyl sites for hydroxylation is 1. The molecule has 8 rings (SSSR count). The van der Waals surface area contributed by atoms with Crippen LogP contribution in [0.2, 0.25) is 15.1 Å². The van der Waals surface area contributed by atoms with Crippen LogP contribution in [0.3, 0.4) is 0 Å². The predicted molar refractivity (Wildman–Crippen MR) is 348 cm³/mol. The molecule has 26 heteroatoms. The van der Waals surface area contributed by atoms with Crippen molar-refractivity contribution in [1.29, 1.82) is 0 Å². The summed E-state index contributed by atoms with van der Waals surface area (Å²) in [4.78, 5) is 64.9. The van der Waals surface area contributed by atoms with Crippen molar-refractivity contribution in [2.24, 2.45) is 0 Å². The maximum absolute atomic E-state index is 12.6. The van der Waals surface area contributed by atoms with E-state index in [-0.39, 0.29) is 86.8 Å². The number of carbonyl (C=O) groups is 3. The molecule has 5 aromatic heterocycles. The summed E-state index contributed by atoms with van der Waals surface area (Å²) in [5.74, 6) is 2.42. The average Bonchev–Trinajstić information content (AvgIpc) is 1.66. The number of aromatic amines is 2. The summed E-state index contributed by atoms with van der Waals surface area (Å²) in [6.07, 6.45) is 7.16. The second-order valence-electron chi connectivity index (χ2n) is 21.3. The number of nitrogens with zero attached hydrogens (tertiary/aromatic N) is 7. The largest absolute Gasteiger partial charge is 0.493 e. The molecule has 0 aliphatic heterocycles. The number of aromatic nitrogens is 8. The molecule has 0 spiro atoms. The molecule has 23 nitrogen and oxygen atoms in total. The highest BCUT2D eigenvalue weighted by Gasteiger charge is 2.24. The smallest absolute Gasteiger partial charge is 0.331 e. The second kappa shape index (κ2) is 34.8. The molecule has 0 radical (unpaired) electrons. The Bertz CT molecular complexity index is 3900. The van der Waals surface area contributed by atoms with Gasteiger partial charge in [-0.15, -0.1) is 0 Å². The number of rotatable bonds is 30. The van der Waals surface area contributed by atoms with E-state index in [0.29, 0.717) is 85.7 Å². The Morgan fingerprint density at radius 3 is 2.09 bits per heavy atom. The zero-order valence-corrected chi connectivity index (χ0v) is 54.4. The molecule has 0 atom stereocenters. The minimum absolute atomic E-state index is 0.0172. The number of carbonyl (C=O) groups excluding carboxylic acids is 3. The van der Waals surface area contributed by atoms with Crippen molar-refractivity contribution < 1.29 is 57.0 Å². The third kappa shape index (κ3) is 21.9. The van der Waals surface area contributed by atoms with Crippen molar-refractivity contribution in [3.8, 4) is 40.0 Å². The van der Waals surface area contributed by atoms with Crippen molar-refractivity contribution >= 4 is 75.4 Å². The van der Waals surface area contributed by atoms with E-state index < -0.39 is 11.9 Å². The number of anilines is 1. The van der Waals surface area contributed by atoms with Gasteiger partial charge in [-0.3, -0.25) is 28.4 Å². The number of hydrogen-bond acceptors (Lipinski definition) is 16. The van der Waals surface area contributed by atoms with Crippen LogP contribution >= 0.6 is 34.8 Å². The molecule has 0 unspecified atom stereocenters. The zero-order valence-electron chi connectivity index (χ0n) is 52.2. The lowest BCUT2D eigenvalue weighted by Crippen LogP contribution is -2.21. The fourth-order valence-electron chi connectivity index (χ4n) is 8.24. The molecule has 5 heterocycles. The van der Waals surface area contributed by atoms with E-state index in [0.717, 1.165) is 48.4 Å². The van der Waals surface area contributed by atoms with Gasteiger partial charge >= 0.3 is 11.9 Å². The lowest BCUT2D eigenvalue weighted by molar-refractivity contribution is -0.147. The fourth-order valence-corrected chi connectivity index (χ4v) is 9.22. The highest BCUT2D eigenvalue weighted by molar-refractivity contribution is 6.40. The molecule has 0 aliphatic carbocycles. The molecule has 1 amide bonds. The summed E-state index contributed by atoms with van der Waals surface area (Å²) in [6.45, 7) is 35.1. The van der Waals surface area contributed by atoms with Gasteiger partial charge in [0.2, 0.25) is 30.0 Å². The quantitative estimate of drug-likeness (QED) is 0.0124. The molecule has 8 aromatic rings. The van der Waals surface area contributed by atoms with Crippen LogP contribution in [0.15, 0.2) is 127 Å². The van der Waals surface area contributed by atoms with Crippen LogP contribution in [-0.2, 0) is 48.2 Å². The number of hydrogen-bond donors (Lipinski definition) is 3. The van der Waals surface area contributed by atoms with E-state index in [2.05, 4.69) is 75.8 Å². The molecular weight excluding hydrogens is 1240 g/mol. The highest BCUT2D eigenvalue weighted by Crippen LogP contribution is 2.35. The van der Waals surface area contributed by atoms with Crippen molar-refractivity contribution in [2.75, 3.05) is 58.7 Å². The van der Waals surface area contributed by atoms with E-state index in [1.165, 1.54) is 15.4 Å². The number of allylic oxidation sites excluding steroid dienone is 3. The Hall–Kier alpha value is -9.05. The third-order valence-electron chi connectivity index (χ3n) is 12.6. The number of benzene rings is 3. The minimum atomic E-state index is -0.627. The molecule has 0 saturated carbocycles. The molecule has 91 heavy (non-hydrogen) atoms. The molecule has 3 N–H and O–H groups in total.